The van der Waals surface area contributed by atoms with Gasteiger partial charge in [0, 0.05) is 29.8 Å². The van der Waals surface area contributed by atoms with Crippen molar-refractivity contribution in [3.63, 3.8) is 0 Å². The van der Waals surface area contributed by atoms with Gasteiger partial charge in [-0.1, -0.05) is 35.3 Å². The fourth-order valence-electron chi connectivity index (χ4n) is 4.18. The lowest BCUT2D eigenvalue weighted by Crippen LogP contribution is -2.13. The van der Waals surface area contributed by atoms with Gasteiger partial charge in [-0.3, -0.25) is 4.57 Å². The van der Waals surface area contributed by atoms with Crippen molar-refractivity contribution in [1.82, 2.24) is 19.9 Å². The first-order chi connectivity index (χ1) is 22.0. The Morgan fingerprint density at radius 2 is 1.20 bits per heavy atom. The highest BCUT2D eigenvalue weighted by Crippen LogP contribution is 2.65. The molecule has 1 atom stereocenters. The van der Waals surface area contributed by atoms with Crippen LogP contribution in [0.5, 0.6) is 47.0 Å². The zero-order chi connectivity index (χ0) is 33.6. The molecular weight excluding hydrogens is 670 g/mol. The van der Waals surface area contributed by atoms with E-state index in [4.69, 9.17) is 60.7 Å². The Kier molecular flexibility index (Phi) is 11.1. The van der Waals surface area contributed by atoms with E-state index in [1.807, 2.05) is 0 Å². The van der Waals surface area contributed by atoms with E-state index in [9.17, 15) is 14.5 Å². The quantitative estimate of drug-likeness (QED) is 0.142. The highest BCUT2D eigenvalue weighted by atomic mass is 35.5. The molecule has 46 heavy (non-hydrogen) atoms. The Hall–Kier alpha value is -4.40. The topological polar surface area (TPSA) is 180 Å². The van der Waals surface area contributed by atoms with Crippen molar-refractivity contribution in [3.8, 4) is 47.0 Å². The van der Waals surface area contributed by atoms with Gasteiger partial charge in [0.25, 0.3) is 0 Å². The molecule has 0 saturated carbocycles. The molecule has 15 nitrogen and oxygen atoms in total. The van der Waals surface area contributed by atoms with Crippen LogP contribution in [-0.2, 0) is 13.6 Å². The fourth-order valence-corrected chi connectivity index (χ4v) is 6.45. The zero-order valence-corrected chi connectivity index (χ0v) is 27.5. The van der Waals surface area contributed by atoms with Crippen molar-refractivity contribution in [2.24, 2.45) is 0 Å². The Balaban J connectivity index is 2.06. The van der Waals surface area contributed by atoms with Gasteiger partial charge in [-0.05, 0) is 23.8 Å². The second kappa shape index (κ2) is 14.8. The van der Waals surface area contributed by atoms with E-state index in [-0.39, 0.29) is 56.5 Å². The number of hydrogen-bond acceptors (Lipinski definition) is 14. The molecule has 4 aromatic rings. The van der Waals surface area contributed by atoms with Gasteiger partial charge in [0.15, 0.2) is 5.75 Å². The number of carboxylic acids is 1. The van der Waals surface area contributed by atoms with Gasteiger partial charge in [0.1, 0.15) is 17.0 Å². The largest absolute Gasteiger partial charge is 0.481 e. The van der Waals surface area contributed by atoms with Crippen molar-refractivity contribution < 1.29 is 51.9 Å². The zero-order valence-electron chi connectivity index (χ0n) is 25.1. The monoisotopic (exact) mass is 696 g/mol. The van der Waals surface area contributed by atoms with Crippen molar-refractivity contribution in [3.05, 3.63) is 69.2 Å². The molecule has 0 saturated heterocycles. The number of benzene rings is 2. The molecule has 244 valence electrons. The standard InChI is InChI=1S/C28H27Cl2N4O11P/c1-38-19-12-20(39-2)32-27(31-19)44-18-10-9-16(25(46(37,42-5)43-6)15-8-7-14(29)11-17(15)30)24(23(18)26(35)36)45-28-33-21(40-3)13-22(34-28)41-4/h7-13,25H,1-6H3,(H,35,36). The van der Waals surface area contributed by atoms with Gasteiger partial charge >= 0.3 is 25.6 Å². The van der Waals surface area contributed by atoms with E-state index in [1.165, 1.54) is 85.1 Å². The average molecular weight is 697 g/mol. The van der Waals surface area contributed by atoms with Gasteiger partial charge in [-0.25, -0.2) is 4.79 Å². The normalized spacial score (nSPS) is 11.8. The molecule has 1 unspecified atom stereocenters. The van der Waals surface area contributed by atoms with Crippen LogP contribution < -0.4 is 28.4 Å². The Bertz CT molecular complexity index is 1740. The van der Waals surface area contributed by atoms with Gasteiger partial charge in [0.05, 0.1) is 40.6 Å². The lowest BCUT2D eigenvalue weighted by atomic mass is 9.99. The lowest BCUT2D eigenvalue weighted by molar-refractivity contribution is 0.0690. The molecule has 0 radical (unpaired) electrons. The maximum Gasteiger partial charge on any atom is 0.343 e. The minimum Gasteiger partial charge on any atom is -0.481 e. The van der Waals surface area contributed by atoms with Crippen LogP contribution in [0, 0.1) is 0 Å². The molecule has 0 aliphatic heterocycles. The summed E-state index contributed by atoms with van der Waals surface area (Å²) in [6.07, 6.45) is 0. The SMILES string of the molecule is COc1cc(OC)nc(Oc2ccc(C(c3ccc(Cl)cc3Cl)P(=O)(OC)OC)c(Oc3nc(OC)cc(OC)n3)c2C(=O)O)n1. The molecular formula is C28H27Cl2N4O11P. The average Bonchev–Trinajstić information content (AvgIpc) is 3.05. The van der Waals surface area contributed by atoms with E-state index in [0.717, 1.165) is 0 Å². The minimum atomic E-state index is -4.18. The third-order valence-electron chi connectivity index (χ3n) is 6.29. The fraction of sp³-hybridized carbons (Fsp3) is 0.250. The highest BCUT2D eigenvalue weighted by Gasteiger charge is 2.42. The van der Waals surface area contributed by atoms with Crippen LogP contribution in [0.25, 0.3) is 0 Å². The highest BCUT2D eigenvalue weighted by molar-refractivity contribution is 7.54. The third-order valence-corrected chi connectivity index (χ3v) is 9.06. The Labute approximate surface area is 272 Å². The van der Waals surface area contributed by atoms with Crippen molar-refractivity contribution in [1.29, 1.82) is 0 Å². The van der Waals surface area contributed by atoms with Crippen molar-refractivity contribution >= 4 is 36.8 Å². The molecule has 2 aromatic heterocycles. The van der Waals surface area contributed by atoms with E-state index < -0.39 is 36.5 Å². The van der Waals surface area contributed by atoms with Gasteiger partial charge in [-0.2, -0.15) is 19.9 Å². The summed E-state index contributed by atoms with van der Waals surface area (Å²) < 4.78 is 57.6. The first-order valence-electron chi connectivity index (χ1n) is 12.9. The maximum absolute atomic E-state index is 14.2. The molecule has 2 heterocycles. The van der Waals surface area contributed by atoms with Crippen molar-refractivity contribution in [2.75, 3.05) is 42.7 Å². The smallest absolute Gasteiger partial charge is 0.343 e. The van der Waals surface area contributed by atoms with Crippen LogP contribution in [0.2, 0.25) is 10.0 Å². The summed E-state index contributed by atoms with van der Waals surface area (Å²) in [4.78, 5) is 29.5. The van der Waals surface area contributed by atoms with Gasteiger partial charge in [-0.15, -0.1) is 0 Å². The number of carbonyl (C=O) groups is 1. The van der Waals surface area contributed by atoms with Crippen LogP contribution in [0.1, 0.15) is 27.1 Å². The van der Waals surface area contributed by atoms with Gasteiger partial charge in [0.2, 0.25) is 23.5 Å². The molecule has 0 aliphatic rings. The summed E-state index contributed by atoms with van der Waals surface area (Å²) in [7, 11) is 3.58. The Morgan fingerprint density at radius 1 is 0.717 bits per heavy atom. The number of rotatable bonds is 14. The second-order valence-corrected chi connectivity index (χ2v) is 12.0. The molecule has 1 N–H and O–H groups in total. The van der Waals surface area contributed by atoms with Crippen LogP contribution in [0.4, 0.5) is 0 Å². The lowest BCUT2D eigenvalue weighted by Gasteiger charge is -2.28. The Morgan fingerprint density at radius 3 is 1.63 bits per heavy atom. The molecule has 0 amide bonds. The molecule has 18 heteroatoms. The summed E-state index contributed by atoms with van der Waals surface area (Å²) >= 11 is 12.7. The minimum absolute atomic E-state index is 0.0290. The first-order valence-corrected chi connectivity index (χ1v) is 15.2. The first kappa shape index (κ1) is 34.5. The predicted molar refractivity (Wildman–Crippen MR) is 164 cm³/mol. The van der Waals surface area contributed by atoms with Crippen LogP contribution in [-0.4, -0.2) is 73.7 Å². The van der Waals surface area contributed by atoms with Crippen molar-refractivity contribution in [2.45, 2.75) is 5.66 Å². The van der Waals surface area contributed by atoms with Crippen LogP contribution >= 0.6 is 30.8 Å². The number of ether oxygens (including phenoxy) is 6. The van der Waals surface area contributed by atoms with E-state index in [2.05, 4.69) is 19.9 Å². The summed E-state index contributed by atoms with van der Waals surface area (Å²) in [5.41, 5.74) is -1.79. The number of nitrogens with zero attached hydrogens (tertiary/aromatic N) is 4. The predicted octanol–water partition coefficient (Wildman–Crippen LogP) is 6.47. The molecule has 0 fully saturated rings. The number of methoxy groups -OCH3 is 4. The van der Waals surface area contributed by atoms with Crippen LogP contribution in [0.15, 0.2) is 42.5 Å². The third kappa shape index (κ3) is 7.35. The molecule has 0 spiro atoms. The number of aromatic nitrogens is 4. The second-order valence-electron chi connectivity index (χ2n) is 8.81. The maximum atomic E-state index is 14.2. The number of aromatic carboxylic acids is 1. The summed E-state index contributed by atoms with van der Waals surface area (Å²) in [6.45, 7) is 0. The molecule has 0 aliphatic carbocycles. The van der Waals surface area contributed by atoms with E-state index >= 15 is 0 Å². The van der Waals surface area contributed by atoms with E-state index in [0.29, 0.717) is 0 Å². The number of carboxylic acid groups (broad SMARTS) is 1. The number of hydrogen-bond donors (Lipinski definition) is 1. The molecule has 2 aromatic carbocycles. The summed E-state index contributed by atoms with van der Waals surface area (Å²) in [5, 5.41) is 10.9. The van der Waals surface area contributed by atoms with E-state index in [1.54, 1.807) is 0 Å². The molecule has 4 rings (SSSR count). The number of halogens is 2. The van der Waals surface area contributed by atoms with Crippen LogP contribution in [0.3, 0.4) is 0 Å². The summed E-state index contributed by atoms with van der Waals surface area (Å²) in [5.74, 6) is -2.07. The summed E-state index contributed by atoms with van der Waals surface area (Å²) in [6, 6.07) is 9.12. The molecule has 0 bridgehead atoms. The van der Waals surface area contributed by atoms with Gasteiger partial charge < -0.3 is 42.6 Å².